The Labute approximate surface area is 311 Å². The van der Waals surface area contributed by atoms with Crippen molar-refractivity contribution in [3.8, 4) is 22.2 Å². The van der Waals surface area contributed by atoms with Crippen LogP contribution in [0.5, 0.6) is 11.5 Å². The number of hydrogen-bond donors (Lipinski definition) is 3. The van der Waals surface area contributed by atoms with E-state index >= 15 is 0 Å². The molecule has 3 fully saturated rings. The monoisotopic (exact) mass is 770 g/mol. The van der Waals surface area contributed by atoms with Gasteiger partial charge in [-0.2, -0.15) is 0 Å². The van der Waals surface area contributed by atoms with E-state index in [4.69, 9.17) is 31.0 Å². The summed E-state index contributed by atoms with van der Waals surface area (Å²) in [4.78, 5) is 52.5. The number of pyridine rings is 1. The smallest absolute Gasteiger partial charge is 0.318 e. The van der Waals surface area contributed by atoms with Gasteiger partial charge < -0.3 is 25.0 Å². The van der Waals surface area contributed by atoms with E-state index in [1.807, 2.05) is 17.5 Å². The zero-order valence-corrected chi connectivity index (χ0v) is 31.7. The van der Waals surface area contributed by atoms with Gasteiger partial charge in [0.15, 0.2) is 0 Å². The van der Waals surface area contributed by atoms with Crippen LogP contribution in [0, 0.1) is 5.92 Å². The molecule has 2 aliphatic heterocycles. The maximum atomic E-state index is 14.2. The molecule has 4 amide bonds. The third kappa shape index (κ3) is 7.31. The Morgan fingerprint density at radius 3 is 2.69 bits per heavy atom. The van der Waals surface area contributed by atoms with Gasteiger partial charge in [-0.1, -0.05) is 44.0 Å². The van der Waals surface area contributed by atoms with E-state index in [1.165, 1.54) is 23.3 Å². The van der Waals surface area contributed by atoms with Crippen LogP contribution in [0.4, 0.5) is 4.79 Å². The summed E-state index contributed by atoms with van der Waals surface area (Å²) in [6.07, 6.45) is 7.93. The number of allylic oxidation sites excluding steroid dienone is 1. The number of hydrogen-bond acceptors (Lipinski definition) is 10. The molecule has 0 bridgehead atoms. The van der Waals surface area contributed by atoms with Gasteiger partial charge in [-0.3, -0.25) is 14.3 Å². The molecule has 0 spiro atoms. The topological polar surface area (TPSA) is 169 Å². The van der Waals surface area contributed by atoms with Crippen LogP contribution in [0.3, 0.4) is 0 Å². The van der Waals surface area contributed by atoms with Crippen LogP contribution in [-0.4, -0.2) is 84.3 Å². The van der Waals surface area contributed by atoms with Crippen molar-refractivity contribution in [1.29, 1.82) is 0 Å². The summed E-state index contributed by atoms with van der Waals surface area (Å²) in [6, 6.07) is 3.92. The van der Waals surface area contributed by atoms with Crippen molar-refractivity contribution in [2.24, 2.45) is 5.92 Å². The molecule has 4 aliphatic rings. The Hall–Kier alpha value is -3.95. The van der Waals surface area contributed by atoms with Gasteiger partial charge in [0.2, 0.25) is 15.9 Å². The highest BCUT2D eigenvalue weighted by molar-refractivity contribution is 7.91. The number of nitrogens with one attached hydrogen (secondary N) is 3. The maximum Gasteiger partial charge on any atom is 0.318 e. The summed E-state index contributed by atoms with van der Waals surface area (Å²) in [5.41, 5.74) is 0.508. The number of carbonyl (C=O) groups excluding carboxylic acids is 3. The Morgan fingerprint density at radius 2 is 1.96 bits per heavy atom. The van der Waals surface area contributed by atoms with Gasteiger partial charge in [0, 0.05) is 35.7 Å². The highest BCUT2D eigenvalue weighted by atomic mass is 35.5. The van der Waals surface area contributed by atoms with Crippen LogP contribution in [0.1, 0.15) is 76.8 Å². The van der Waals surface area contributed by atoms with Crippen LogP contribution in [0.2, 0.25) is 5.02 Å². The number of thiazole rings is 1. The molecule has 1 unspecified atom stereocenters. The summed E-state index contributed by atoms with van der Waals surface area (Å²) in [5, 5.41) is 8.86. The Balaban J connectivity index is 1.20. The lowest BCUT2D eigenvalue weighted by Gasteiger charge is -2.26. The number of benzene rings is 1. The second-order valence-corrected chi connectivity index (χ2v) is 17.5. The van der Waals surface area contributed by atoms with Gasteiger partial charge in [-0.25, -0.2) is 23.2 Å². The second-order valence-electron chi connectivity index (χ2n) is 14.3. The van der Waals surface area contributed by atoms with E-state index in [0.717, 1.165) is 31.4 Å². The molecule has 52 heavy (non-hydrogen) atoms. The van der Waals surface area contributed by atoms with Crippen molar-refractivity contribution in [1.82, 2.24) is 30.2 Å². The van der Waals surface area contributed by atoms with Crippen molar-refractivity contribution in [2.75, 3.05) is 20.2 Å². The predicted octanol–water partition coefficient (Wildman–Crippen LogP) is 5.29. The number of sulfonamides is 1. The number of urea groups is 1. The van der Waals surface area contributed by atoms with E-state index in [1.54, 1.807) is 18.2 Å². The summed E-state index contributed by atoms with van der Waals surface area (Å²) in [6.45, 7) is 4.66. The van der Waals surface area contributed by atoms with Crippen LogP contribution >= 0.6 is 22.9 Å². The molecule has 0 radical (unpaired) electrons. The molecule has 1 aromatic carbocycles. The molecule has 13 nitrogen and oxygen atoms in total. The van der Waals surface area contributed by atoms with Gasteiger partial charge in [0.1, 0.15) is 44.9 Å². The van der Waals surface area contributed by atoms with Gasteiger partial charge >= 0.3 is 6.03 Å². The molecule has 278 valence electrons. The van der Waals surface area contributed by atoms with E-state index in [0.29, 0.717) is 57.5 Å². The Bertz CT molecular complexity index is 2030. The number of nitrogens with zero attached hydrogens (tertiary/aromatic N) is 3. The molecule has 2 aliphatic carbocycles. The zero-order chi connectivity index (χ0) is 36.8. The third-order valence-corrected chi connectivity index (χ3v) is 13.2. The summed E-state index contributed by atoms with van der Waals surface area (Å²) < 4.78 is 39.9. The summed E-state index contributed by atoms with van der Waals surface area (Å²) in [5.74, 6) is -0.559. The van der Waals surface area contributed by atoms with E-state index in [2.05, 4.69) is 29.2 Å². The first-order valence-electron chi connectivity index (χ1n) is 17.8. The maximum absolute atomic E-state index is 14.2. The molecule has 7 rings (SSSR count). The van der Waals surface area contributed by atoms with E-state index in [-0.39, 0.29) is 31.2 Å². The first kappa shape index (κ1) is 36.4. The minimum absolute atomic E-state index is 0.0836. The van der Waals surface area contributed by atoms with Gasteiger partial charge in [0.25, 0.3) is 5.91 Å². The Kier molecular flexibility index (Phi) is 10.1. The van der Waals surface area contributed by atoms with Crippen molar-refractivity contribution >= 4 is 61.7 Å². The van der Waals surface area contributed by atoms with Gasteiger partial charge in [-0.05, 0) is 56.6 Å². The number of carbonyl (C=O) groups is 3. The van der Waals surface area contributed by atoms with E-state index < -0.39 is 50.8 Å². The first-order valence-corrected chi connectivity index (χ1v) is 20.6. The molecule has 16 heteroatoms. The molecular formula is C36H43ClN6O7S2. The molecule has 2 saturated carbocycles. The van der Waals surface area contributed by atoms with Gasteiger partial charge in [0.05, 0.1) is 30.1 Å². The summed E-state index contributed by atoms with van der Waals surface area (Å²) in [7, 11) is -2.32. The van der Waals surface area contributed by atoms with Gasteiger partial charge in [-0.15, -0.1) is 11.3 Å². The Morgan fingerprint density at radius 1 is 1.15 bits per heavy atom. The highest BCUT2D eigenvalue weighted by Crippen LogP contribution is 2.46. The fourth-order valence-electron chi connectivity index (χ4n) is 6.87. The molecule has 4 atom stereocenters. The average molecular weight is 771 g/mol. The largest absolute Gasteiger partial charge is 0.495 e. The fourth-order valence-corrected chi connectivity index (χ4v) is 9.45. The number of fused-ring (bicyclic) bond motifs is 3. The molecule has 4 heterocycles. The normalized spacial score (nSPS) is 26.0. The molecule has 2 aromatic heterocycles. The zero-order valence-electron chi connectivity index (χ0n) is 29.3. The first-order chi connectivity index (χ1) is 24.9. The molecule has 1 saturated heterocycles. The van der Waals surface area contributed by atoms with Crippen molar-refractivity contribution in [2.45, 2.75) is 94.1 Å². The van der Waals surface area contributed by atoms with Crippen molar-refractivity contribution in [3.05, 3.63) is 46.4 Å². The molecule has 3 N–H and O–H groups in total. The number of methoxy groups -OCH3 is 1. The highest BCUT2D eigenvalue weighted by Gasteiger charge is 2.62. The number of ether oxygens (including phenoxy) is 2. The number of amides is 4. The van der Waals surface area contributed by atoms with Crippen molar-refractivity contribution in [3.63, 3.8) is 0 Å². The lowest BCUT2D eigenvalue weighted by Crippen LogP contribution is -2.57. The average Bonchev–Trinajstić information content (AvgIpc) is 3.98. The minimum Gasteiger partial charge on any atom is -0.495 e. The van der Waals surface area contributed by atoms with Crippen LogP contribution < -0.4 is 24.8 Å². The van der Waals surface area contributed by atoms with Crippen LogP contribution in [0.15, 0.2) is 35.7 Å². The summed E-state index contributed by atoms with van der Waals surface area (Å²) >= 11 is 8.24. The van der Waals surface area contributed by atoms with Crippen LogP contribution in [0.25, 0.3) is 21.6 Å². The SMILES string of the molecule is COc1ccc2c(O[C@@H]3C[C@H]4C(=O)N[C@]5(C(=O)NS(=O)(=O)C6CC6)CC5/C=C\CCCCCNC(=O)N4C3)cc(-c3nc(C(C)C)cs3)nc2c1Cl. The quantitative estimate of drug-likeness (QED) is 0.258. The lowest BCUT2D eigenvalue weighted by atomic mass is 10.1. The van der Waals surface area contributed by atoms with Crippen LogP contribution in [-0.2, 0) is 19.6 Å². The number of aromatic nitrogens is 2. The number of rotatable bonds is 8. The number of halogens is 1. The predicted molar refractivity (Wildman–Crippen MR) is 198 cm³/mol. The minimum atomic E-state index is -3.85. The van der Waals surface area contributed by atoms with E-state index in [9.17, 15) is 22.8 Å². The molecular weight excluding hydrogens is 728 g/mol. The molecule has 3 aromatic rings. The second kappa shape index (κ2) is 14.5. The standard InChI is InChI=1S/C36H43ClN6O7S2/c1-20(2)26-19-51-33(40-26)25-16-29(24-12-13-28(49-3)30(37)31(24)39-25)50-22-15-27-32(44)41-36(34(45)42-52(47,48)23-10-11-23)17-21(36)9-7-5-4-6-8-14-38-35(46)43(27)18-22/h7,9,12-13,16,19-23,27H,4-6,8,10-11,14-15,17-18H2,1-3H3,(H,38,46)(H,41,44)(H,42,45)/b9-7-/t21?,22-,27+,36-/m1/s1. The third-order valence-electron chi connectivity index (χ3n) is 10.2. The fraction of sp³-hybridized carbons (Fsp3) is 0.528. The lowest BCUT2D eigenvalue weighted by molar-refractivity contribution is -0.131. The van der Waals surface area contributed by atoms with Crippen molar-refractivity contribution < 1.29 is 32.3 Å².